The predicted molar refractivity (Wildman–Crippen MR) is 105 cm³/mol. The van der Waals surface area contributed by atoms with E-state index in [1.165, 1.54) is 29.8 Å². The van der Waals surface area contributed by atoms with Crippen molar-refractivity contribution in [3.8, 4) is 11.5 Å². The van der Waals surface area contributed by atoms with Gasteiger partial charge in [-0.05, 0) is 72.9 Å². The molecule has 5 nitrogen and oxygen atoms in total. The first-order valence-corrected chi connectivity index (χ1v) is 8.93. The van der Waals surface area contributed by atoms with Gasteiger partial charge in [0.15, 0.2) is 0 Å². The molecule has 3 aromatic carbocycles. The number of aryl methyl sites for hydroxylation is 2. The van der Waals surface area contributed by atoms with Gasteiger partial charge in [0.1, 0.15) is 11.5 Å². The molecule has 28 heavy (non-hydrogen) atoms. The van der Waals surface area contributed by atoms with Crippen LogP contribution >= 0.6 is 0 Å². The van der Waals surface area contributed by atoms with E-state index < -0.39 is 11.9 Å². The summed E-state index contributed by atoms with van der Waals surface area (Å²) in [5, 5.41) is 18.3. The van der Waals surface area contributed by atoms with Crippen LogP contribution in [0.2, 0.25) is 0 Å². The third-order valence-corrected chi connectivity index (χ3v) is 4.35. The largest absolute Gasteiger partial charge is 0.508 e. The summed E-state index contributed by atoms with van der Waals surface area (Å²) in [6.07, 6.45) is 2.76. The number of carbonyl (C=O) groups is 2. The maximum absolute atomic E-state index is 12.2. The molecular formula is C23H20O5. The number of esters is 1. The Morgan fingerprint density at radius 2 is 1.36 bits per heavy atom. The highest BCUT2D eigenvalue weighted by Gasteiger charge is 2.11. The average molecular weight is 376 g/mol. The van der Waals surface area contributed by atoms with E-state index in [-0.39, 0.29) is 16.9 Å². The van der Waals surface area contributed by atoms with Gasteiger partial charge in [0, 0.05) is 0 Å². The lowest BCUT2D eigenvalue weighted by molar-refractivity contribution is 0.0697. The lowest BCUT2D eigenvalue weighted by Gasteiger charge is -2.07. The lowest BCUT2D eigenvalue weighted by Crippen LogP contribution is -2.09. The lowest BCUT2D eigenvalue weighted by atomic mass is 10.0. The quantitative estimate of drug-likeness (QED) is 0.469. The van der Waals surface area contributed by atoms with Crippen LogP contribution in [0.3, 0.4) is 0 Å². The fourth-order valence-electron chi connectivity index (χ4n) is 2.83. The van der Waals surface area contributed by atoms with Crippen molar-refractivity contribution in [3.05, 3.63) is 95.1 Å². The van der Waals surface area contributed by atoms with Crippen LogP contribution in [0.25, 0.3) is 0 Å². The average Bonchev–Trinajstić information content (AvgIpc) is 2.71. The van der Waals surface area contributed by atoms with Gasteiger partial charge < -0.3 is 14.9 Å². The van der Waals surface area contributed by atoms with Crippen LogP contribution in [-0.4, -0.2) is 22.2 Å². The standard InChI is InChI=1S/C23H20O5/c24-20-11-7-16(8-12-20)3-1-4-17-9-13-21(14-10-17)28-23(27)19-6-2-5-18(15-19)22(25)26/h2,5-15,24H,1,3-4H2,(H,25,26). The zero-order valence-corrected chi connectivity index (χ0v) is 15.2. The number of aromatic hydroxyl groups is 1. The predicted octanol–water partition coefficient (Wildman–Crippen LogP) is 4.48. The number of rotatable bonds is 7. The summed E-state index contributed by atoms with van der Waals surface area (Å²) in [7, 11) is 0. The normalized spacial score (nSPS) is 10.4. The molecule has 0 heterocycles. The number of benzene rings is 3. The second-order valence-corrected chi connectivity index (χ2v) is 6.44. The molecular weight excluding hydrogens is 356 g/mol. The van der Waals surface area contributed by atoms with Crippen molar-refractivity contribution in [3.63, 3.8) is 0 Å². The van der Waals surface area contributed by atoms with Crippen LogP contribution in [0, 0.1) is 0 Å². The smallest absolute Gasteiger partial charge is 0.343 e. The van der Waals surface area contributed by atoms with E-state index in [9.17, 15) is 14.7 Å². The van der Waals surface area contributed by atoms with Gasteiger partial charge in [-0.25, -0.2) is 9.59 Å². The summed E-state index contributed by atoms with van der Waals surface area (Å²) >= 11 is 0. The van der Waals surface area contributed by atoms with Gasteiger partial charge in [0.2, 0.25) is 0 Å². The third kappa shape index (κ3) is 5.20. The highest BCUT2D eigenvalue weighted by atomic mass is 16.5. The molecule has 0 bridgehead atoms. The van der Waals surface area contributed by atoms with Gasteiger partial charge in [-0.3, -0.25) is 0 Å². The van der Waals surface area contributed by atoms with Crippen molar-refractivity contribution in [1.82, 2.24) is 0 Å². The number of phenols is 1. The van der Waals surface area contributed by atoms with E-state index in [4.69, 9.17) is 9.84 Å². The molecule has 3 aromatic rings. The highest BCUT2D eigenvalue weighted by Crippen LogP contribution is 2.17. The minimum Gasteiger partial charge on any atom is -0.508 e. The van der Waals surface area contributed by atoms with Crippen molar-refractivity contribution in [2.45, 2.75) is 19.3 Å². The van der Waals surface area contributed by atoms with Crippen LogP contribution in [-0.2, 0) is 12.8 Å². The molecule has 5 heteroatoms. The number of hydrogen-bond acceptors (Lipinski definition) is 4. The molecule has 0 fully saturated rings. The van der Waals surface area contributed by atoms with Gasteiger partial charge in [-0.15, -0.1) is 0 Å². The van der Waals surface area contributed by atoms with E-state index >= 15 is 0 Å². The number of ether oxygens (including phenoxy) is 1. The molecule has 0 aliphatic heterocycles. The first-order valence-electron chi connectivity index (χ1n) is 8.93. The molecule has 0 amide bonds. The van der Waals surface area contributed by atoms with E-state index in [0.717, 1.165) is 24.8 Å². The van der Waals surface area contributed by atoms with E-state index in [2.05, 4.69) is 0 Å². The van der Waals surface area contributed by atoms with Gasteiger partial charge >= 0.3 is 11.9 Å². The number of carboxylic acid groups (broad SMARTS) is 1. The number of phenolic OH excluding ortho intramolecular Hbond substituents is 1. The highest BCUT2D eigenvalue weighted by molar-refractivity contribution is 5.95. The van der Waals surface area contributed by atoms with Gasteiger partial charge in [0.05, 0.1) is 11.1 Å². The SMILES string of the molecule is O=C(O)c1cccc(C(=O)Oc2ccc(CCCc3ccc(O)cc3)cc2)c1. The van der Waals surface area contributed by atoms with Crippen LogP contribution in [0.1, 0.15) is 38.3 Å². The van der Waals surface area contributed by atoms with Crippen LogP contribution in [0.5, 0.6) is 11.5 Å². The van der Waals surface area contributed by atoms with E-state index in [0.29, 0.717) is 5.75 Å². The van der Waals surface area contributed by atoms with E-state index in [1.807, 2.05) is 24.3 Å². The van der Waals surface area contributed by atoms with Crippen molar-refractivity contribution in [2.75, 3.05) is 0 Å². The summed E-state index contributed by atoms with van der Waals surface area (Å²) in [6, 6.07) is 20.2. The first-order chi connectivity index (χ1) is 13.5. The monoisotopic (exact) mass is 376 g/mol. The fraction of sp³-hybridized carbons (Fsp3) is 0.130. The Labute approximate surface area is 162 Å². The molecule has 0 aromatic heterocycles. The molecule has 0 saturated carbocycles. The molecule has 0 aliphatic rings. The summed E-state index contributed by atoms with van der Waals surface area (Å²) in [6.45, 7) is 0. The van der Waals surface area contributed by atoms with Gasteiger partial charge in [-0.2, -0.15) is 0 Å². The van der Waals surface area contributed by atoms with Crippen molar-refractivity contribution in [1.29, 1.82) is 0 Å². The van der Waals surface area contributed by atoms with Gasteiger partial charge in [-0.1, -0.05) is 30.3 Å². The zero-order chi connectivity index (χ0) is 19.9. The molecule has 0 aliphatic carbocycles. The van der Waals surface area contributed by atoms with Crippen molar-refractivity contribution >= 4 is 11.9 Å². The molecule has 0 radical (unpaired) electrons. The maximum Gasteiger partial charge on any atom is 0.343 e. The van der Waals surface area contributed by atoms with Crippen LogP contribution in [0.15, 0.2) is 72.8 Å². The molecule has 0 spiro atoms. The number of hydrogen-bond donors (Lipinski definition) is 2. The number of aromatic carboxylic acids is 1. The summed E-state index contributed by atoms with van der Waals surface area (Å²) in [5.41, 5.74) is 2.54. The zero-order valence-electron chi connectivity index (χ0n) is 15.2. The van der Waals surface area contributed by atoms with Gasteiger partial charge in [0.25, 0.3) is 0 Å². The second kappa shape index (κ2) is 8.86. The molecule has 0 atom stereocenters. The Morgan fingerprint density at radius 3 is 1.96 bits per heavy atom. The molecule has 0 saturated heterocycles. The molecule has 0 unspecified atom stereocenters. The van der Waals surface area contributed by atoms with Crippen molar-refractivity contribution < 1.29 is 24.5 Å². The molecule has 142 valence electrons. The number of carbonyl (C=O) groups excluding carboxylic acids is 1. The first kappa shape index (κ1) is 19.2. The van der Waals surface area contributed by atoms with E-state index in [1.54, 1.807) is 24.3 Å². The third-order valence-electron chi connectivity index (χ3n) is 4.35. The Kier molecular flexibility index (Phi) is 6.07. The Bertz CT molecular complexity index is 959. The van der Waals surface area contributed by atoms with Crippen LogP contribution < -0.4 is 4.74 Å². The van der Waals surface area contributed by atoms with Crippen LogP contribution in [0.4, 0.5) is 0 Å². The Morgan fingerprint density at radius 1 is 0.786 bits per heavy atom. The Hall–Kier alpha value is -3.60. The minimum atomic E-state index is -1.09. The van der Waals surface area contributed by atoms with Crippen molar-refractivity contribution in [2.24, 2.45) is 0 Å². The minimum absolute atomic E-state index is 0.0402. The fourth-order valence-corrected chi connectivity index (χ4v) is 2.83. The second-order valence-electron chi connectivity index (χ2n) is 6.44. The molecule has 3 rings (SSSR count). The molecule has 2 N–H and O–H groups in total. The topological polar surface area (TPSA) is 83.8 Å². The summed E-state index contributed by atoms with van der Waals surface area (Å²) in [5.74, 6) is -1.01. The number of carboxylic acids is 1. The summed E-state index contributed by atoms with van der Waals surface area (Å²) < 4.78 is 5.32. The maximum atomic E-state index is 12.2. The Balaban J connectivity index is 1.53. The summed E-state index contributed by atoms with van der Waals surface area (Å²) in [4.78, 5) is 23.2.